The Hall–Kier alpha value is -0.970. The van der Waals surface area contributed by atoms with Crippen LogP contribution in [0.5, 0.6) is 0 Å². The van der Waals surface area contributed by atoms with Crippen LogP contribution in [0.4, 0.5) is 4.39 Å². The van der Waals surface area contributed by atoms with Gasteiger partial charge in [0.25, 0.3) is 0 Å². The summed E-state index contributed by atoms with van der Waals surface area (Å²) in [7, 11) is 4.16. The van der Waals surface area contributed by atoms with Crippen LogP contribution in [-0.4, -0.2) is 60.8 Å². The van der Waals surface area contributed by atoms with E-state index >= 15 is 0 Å². The molecule has 0 bridgehead atoms. The second-order valence-corrected chi connectivity index (χ2v) is 5.56. The van der Waals surface area contributed by atoms with Gasteiger partial charge < -0.3 is 10.0 Å². The predicted molar refractivity (Wildman–Crippen MR) is 74.6 cm³/mol. The highest BCUT2D eigenvalue weighted by Gasteiger charge is 2.27. The molecule has 3 nitrogen and oxygen atoms in total. The highest BCUT2D eigenvalue weighted by atomic mass is 19.1. The first kappa shape index (κ1) is 14.4. The molecule has 0 aromatic heterocycles. The molecule has 2 rings (SSSR count). The molecular formula is C15H23FN2O. The smallest absolute Gasteiger partial charge is 0.123 e. The van der Waals surface area contributed by atoms with Gasteiger partial charge in [0, 0.05) is 12.6 Å². The average molecular weight is 266 g/mol. The highest BCUT2D eigenvalue weighted by Crippen LogP contribution is 2.14. The Morgan fingerprint density at radius 1 is 1.26 bits per heavy atom. The van der Waals surface area contributed by atoms with E-state index < -0.39 is 6.10 Å². The lowest BCUT2D eigenvalue weighted by Gasteiger charge is -2.31. The van der Waals surface area contributed by atoms with Crippen LogP contribution in [0, 0.1) is 5.82 Å². The van der Waals surface area contributed by atoms with Gasteiger partial charge in [-0.1, -0.05) is 12.1 Å². The summed E-state index contributed by atoms with van der Waals surface area (Å²) in [5, 5.41) is 10.4. The number of halogens is 1. The van der Waals surface area contributed by atoms with Crippen molar-refractivity contribution in [3.63, 3.8) is 0 Å². The van der Waals surface area contributed by atoms with Crippen molar-refractivity contribution in [2.24, 2.45) is 0 Å². The zero-order valence-corrected chi connectivity index (χ0v) is 11.7. The predicted octanol–water partition coefficient (Wildman–Crippen LogP) is 1.36. The molecule has 4 heteroatoms. The summed E-state index contributed by atoms with van der Waals surface area (Å²) in [4.78, 5) is 4.50. The molecule has 0 spiro atoms. The van der Waals surface area contributed by atoms with E-state index in [1.165, 1.54) is 12.1 Å². The van der Waals surface area contributed by atoms with Gasteiger partial charge in [-0.3, -0.25) is 4.90 Å². The maximum atomic E-state index is 12.9. The Morgan fingerprint density at radius 2 is 1.95 bits per heavy atom. The van der Waals surface area contributed by atoms with Gasteiger partial charge in [0.15, 0.2) is 0 Å². The quantitative estimate of drug-likeness (QED) is 0.895. The molecule has 19 heavy (non-hydrogen) atoms. The summed E-state index contributed by atoms with van der Waals surface area (Å²) in [5.74, 6) is -0.232. The van der Waals surface area contributed by atoms with E-state index in [-0.39, 0.29) is 11.9 Å². The number of nitrogens with zero attached hydrogens (tertiary/aromatic N) is 2. The molecule has 0 aliphatic carbocycles. The molecule has 0 amide bonds. The van der Waals surface area contributed by atoms with E-state index in [0.717, 1.165) is 31.6 Å². The summed E-state index contributed by atoms with van der Waals surface area (Å²) in [6.07, 6.45) is 1.28. The second-order valence-electron chi connectivity index (χ2n) is 5.56. The zero-order chi connectivity index (χ0) is 13.8. The molecule has 1 N–H and O–H groups in total. The Labute approximate surface area is 114 Å². The van der Waals surface area contributed by atoms with Crippen molar-refractivity contribution in [3.05, 3.63) is 35.6 Å². The molecule has 0 saturated carbocycles. The van der Waals surface area contributed by atoms with Gasteiger partial charge in [-0.05, 0) is 57.7 Å². The van der Waals surface area contributed by atoms with Crippen LogP contribution in [0.2, 0.25) is 0 Å². The Kier molecular flexibility index (Phi) is 4.91. The Bertz CT molecular complexity index is 396. The van der Waals surface area contributed by atoms with Crippen LogP contribution in [0.1, 0.15) is 12.0 Å². The third-order valence-corrected chi connectivity index (χ3v) is 3.92. The maximum Gasteiger partial charge on any atom is 0.123 e. The van der Waals surface area contributed by atoms with Gasteiger partial charge in [0.05, 0.1) is 6.10 Å². The minimum absolute atomic E-state index is 0.137. The van der Waals surface area contributed by atoms with Crippen molar-refractivity contribution in [1.82, 2.24) is 9.80 Å². The molecule has 1 aliphatic rings. The molecule has 1 aromatic carbocycles. The number of aliphatic hydroxyl groups is 1. The highest BCUT2D eigenvalue weighted by molar-refractivity contribution is 5.17. The first-order chi connectivity index (χ1) is 9.06. The molecule has 2 atom stereocenters. The summed E-state index contributed by atoms with van der Waals surface area (Å²) in [5.41, 5.74) is 0.981. The van der Waals surface area contributed by atoms with Crippen molar-refractivity contribution in [3.8, 4) is 0 Å². The van der Waals surface area contributed by atoms with Crippen LogP contribution in [0.25, 0.3) is 0 Å². The largest absolute Gasteiger partial charge is 0.391 e. The van der Waals surface area contributed by atoms with E-state index in [9.17, 15) is 9.50 Å². The lowest BCUT2D eigenvalue weighted by atomic mass is 10.0. The zero-order valence-electron chi connectivity index (χ0n) is 11.7. The van der Waals surface area contributed by atoms with Crippen molar-refractivity contribution < 1.29 is 9.50 Å². The van der Waals surface area contributed by atoms with Crippen molar-refractivity contribution in [2.45, 2.75) is 25.0 Å². The number of likely N-dealkylation sites (N-methyl/N-ethyl adjacent to an activating group) is 2. The lowest BCUT2D eigenvalue weighted by Crippen LogP contribution is -2.46. The van der Waals surface area contributed by atoms with Gasteiger partial charge in [-0.15, -0.1) is 0 Å². The van der Waals surface area contributed by atoms with E-state index in [0.29, 0.717) is 6.42 Å². The average Bonchev–Trinajstić information content (AvgIpc) is 2.54. The SMILES string of the molecule is CN1CCCN(C)C(C(O)Cc2ccc(F)cc2)C1. The summed E-state index contributed by atoms with van der Waals surface area (Å²) < 4.78 is 12.9. The van der Waals surface area contributed by atoms with Crippen LogP contribution >= 0.6 is 0 Å². The number of aliphatic hydroxyl groups excluding tert-OH is 1. The first-order valence-electron chi connectivity index (χ1n) is 6.87. The van der Waals surface area contributed by atoms with Gasteiger partial charge in [-0.25, -0.2) is 4.39 Å². The van der Waals surface area contributed by atoms with Crippen molar-refractivity contribution >= 4 is 0 Å². The second kappa shape index (κ2) is 6.46. The topological polar surface area (TPSA) is 26.7 Å². The van der Waals surface area contributed by atoms with Crippen molar-refractivity contribution in [1.29, 1.82) is 0 Å². The van der Waals surface area contributed by atoms with E-state index in [1.54, 1.807) is 12.1 Å². The van der Waals surface area contributed by atoms with Gasteiger partial charge >= 0.3 is 0 Å². The molecule has 1 saturated heterocycles. The Morgan fingerprint density at radius 3 is 2.63 bits per heavy atom. The van der Waals surface area contributed by atoms with Crippen LogP contribution < -0.4 is 0 Å². The van der Waals surface area contributed by atoms with E-state index in [2.05, 4.69) is 23.9 Å². The normalized spacial score (nSPS) is 24.1. The molecule has 106 valence electrons. The fourth-order valence-electron chi connectivity index (χ4n) is 2.72. The van der Waals surface area contributed by atoms with Gasteiger partial charge in [0.2, 0.25) is 0 Å². The lowest BCUT2D eigenvalue weighted by molar-refractivity contribution is 0.0581. The monoisotopic (exact) mass is 266 g/mol. The van der Waals surface area contributed by atoms with Gasteiger partial charge in [-0.2, -0.15) is 0 Å². The van der Waals surface area contributed by atoms with Crippen LogP contribution in [0.3, 0.4) is 0 Å². The third-order valence-electron chi connectivity index (χ3n) is 3.92. The van der Waals surface area contributed by atoms with Crippen molar-refractivity contribution in [2.75, 3.05) is 33.7 Å². The molecule has 1 aliphatic heterocycles. The molecule has 2 unspecified atom stereocenters. The summed E-state index contributed by atoms with van der Waals surface area (Å²) >= 11 is 0. The molecule has 1 aromatic rings. The van der Waals surface area contributed by atoms with Gasteiger partial charge in [0.1, 0.15) is 5.82 Å². The number of benzene rings is 1. The molecule has 0 radical (unpaired) electrons. The van der Waals surface area contributed by atoms with Crippen LogP contribution in [0.15, 0.2) is 24.3 Å². The number of rotatable bonds is 3. The summed E-state index contributed by atoms with van der Waals surface area (Å²) in [6.45, 7) is 2.96. The Balaban J connectivity index is 2.00. The number of hydrogen-bond acceptors (Lipinski definition) is 3. The minimum atomic E-state index is -0.420. The first-order valence-corrected chi connectivity index (χ1v) is 6.87. The van der Waals surface area contributed by atoms with E-state index in [1.807, 2.05) is 0 Å². The molecule has 1 fully saturated rings. The van der Waals surface area contributed by atoms with E-state index in [4.69, 9.17) is 0 Å². The standard InChI is InChI=1S/C15H23FN2O/c1-17-8-3-9-18(2)14(11-17)15(19)10-12-4-6-13(16)7-5-12/h4-7,14-15,19H,3,8-11H2,1-2H3. The molecule has 1 heterocycles. The fourth-order valence-corrected chi connectivity index (χ4v) is 2.72. The maximum absolute atomic E-state index is 12.9. The molecular weight excluding hydrogens is 243 g/mol. The number of hydrogen-bond donors (Lipinski definition) is 1. The summed E-state index contributed by atoms with van der Waals surface area (Å²) in [6, 6.07) is 6.53. The third kappa shape index (κ3) is 4.00. The minimum Gasteiger partial charge on any atom is -0.391 e. The van der Waals surface area contributed by atoms with Crippen LogP contribution in [-0.2, 0) is 6.42 Å². The fraction of sp³-hybridized carbons (Fsp3) is 0.600.